The number of fused-ring (bicyclic) bond motifs is 7. The molecule has 0 saturated carbocycles. The fraction of sp³-hybridized carbons (Fsp3) is 0.300. The molecule has 104 valence electrons. The molecule has 4 bridgehead atoms. The molecule has 0 amide bonds. The number of carbonyl (C=O) groups excluding carboxylic acids is 2. The summed E-state index contributed by atoms with van der Waals surface area (Å²) < 4.78 is 5.99. The number of esters is 1. The Balaban J connectivity index is 2.15. The molecule has 0 saturated heterocycles. The van der Waals surface area contributed by atoms with Gasteiger partial charge in [-0.2, -0.15) is 14.7 Å². The van der Waals surface area contributed by atoms with E-state index < -0.39 is 18.0 Å². The van der Waals surface area contributed by atoms with Crippen LogP contribution in [0.15, 0.2) is 6.33 Å². The van der Waals surface area contributed by atoms with E-state index >= 15 is 0 Å². The van der Waals surface area contributed by atoms with Crippen LogP contribution < -0.4 is 21.0 Å². The smallest absolute Gasteiger partial charge is 0.333 e. The molecule has 10 nitrogen and oxygen atoms in total. The van der Waals surface area contributed by atoms with Crippen molar-refractivity contribution in [3.05, 3.63) is 6.33 Å². The number of carbonyl (C=O) groups is 2. The fourth-order valence-electron chi connectivity index (χ4n) is 1.73. The molecule has 4 heterocycles. The molecule has 0 spiro atoms. The number of nitrogen functional groups attached to an aromatic ring is 1. The summed E-state index contributed by atoms with van der Waals surface area (Å²) in [5.41, 5.74) is 11.7. The van der Waals surface area contributed by atoms with Crippen molar-refractivity contribution in [2.24, 2.45) is 5.73 Å². The van der Waals surface area contributed by atoms with E-state index in [0.29, 0.717) is 0 Å². The molecule has 0 unspecified atom stereocenters. The van der Waals surface area contributed by atoms with Gasteiger partial charge in [0.05, 0.1) is 6.42 Å². The molecule has 2 aromatic heterocycles. The van der Waals surface area contributed by atoms with Crippen LogP contribution in [-0.4, -0.2) is 37.7 Å². The fourth-order valence-corrected chi connectivity index (χ4v) is 1.73. The number of hydrogen-bond acceptors (Lipinski definition) is 9. The maximum absolute atomic E-state index is 11.7. The third kappa shape index (κ3) is 2.01. The third-order valence-corrected chi connectivity index (χ3v) is 2.73. The molecule has 0 aliphatic carbocycles. The van der Waals surface area contributed by atoms with E-state index in [0.717, 1.165) is 4.73 Å². The molecule has 2 aliphatic rings. The summed E-state index contributed by atoms with van der Waals surface area (Å²) >= 11 is 0. The van der Waals surface area contributed by atoms with Gasteiger partial charge in [0.15, 0.2) is 17.0 Å². The first kappa shape index (κ1) is 12.3. The molecular weight excluding hydrogens is 268 g/mol. The standard InChI is InChI=1S/C10H10N6O4/c11-4-1-2-5(17)20-16-3-13-8-6(16)7(12)14-10(15-8)19-9(4)18/h3-4H,1-2,11H2,(H2,12,14,15)/t4-/m1/s1. The van der Waals surface area contributed by atoms with Crippen LogP contribution in [0.5, 0.6) is 6.01 Å². The molecule has 4 N–H and O–H groups in total. The predicted molar refractivity (Wildman–Crippen MR) is 64.2 cm³/mol. The van der Waals surface area contributed by atoms with Crippen molar-refractivity contribution in [1.29, 1.82) is 0 Å². The number of nitrogens with zero attached hydrogens (tertiary/aromatic N) is 4. The first-order valence-corrected chi connectivity index (χ1v) is 5.73. The minimum atomic E-state index is -0.981. The van der Waals surface area contributed by atoms with Gasteiger partial charge < -0.3 is 21.0 Å². The SMILES string of the molecule is Nc1nc2nc3ncn(c13)OC(=O)CC[C@@H](N)C(=O)O2. The van der Waals surface area contributed by atoms with E-state index in [1.807, 2.05) is 0 Å². The maximum Gasteiger partial charge on any atom is 0.333 e. The molecule has 2 aromatic rings. The number of anilines is 1. The molecule has 10 heteroatoms. The highest BCUT2D eigenvalue weighted by Crippen LogP contribution is 2.20. The Labute approximate surface area is 111 Å². The van der Waals surface area contributed by atoms with Gasteiger partial charge in [0.1, 0.15) is 12.4 Å². The Hall–Kier alpha value is -2.75. The molecule has 1 atom stereocenters. The van der Waals surface area contributed by atoms with Crippen LogP contribution in [0.3, 0.4) is 0 Å². The van der Waals surface area contributed by atoms with Crippen molar-refractivity contribution in [1.82, 2.24) is 19.7 Å². The van der Waals surface area contributed by atoms with Gasteiger partial charge >= 0.3 is 17.9 Å². The van der Waals surface area contributed by atoms with E-state index in [2.05, 4.69) is 15.0 Å². The van der Waals surface area contributed by atoms with Crippen molar-refractivity contribution < 1.29 is 19.2 Å². The van der Waals surface area contributed by atoms with Crippen LogP contribution in [0.4, 0.5) is 5.82 Å². The van der Waals surface area contributed by atoms with E-state index in [1.54, 1.807) is 0 Å². The van der Waals surface area contributed by atoms with Crippen molar-refractivity contribution in [2.75, 3.05) is 5.73 Å². The molecule has 2 aliphatic heterocycles. The van der Waals surface area contributed by atoms with E-state index in [4.69, 9.17) is 21.0 Å². The van der Waals surface area contributed by atoms with Gasteiger partial charge in [-0.3, -0.25) is 0 Å². The van der Waals surface area contributed by atoms with Gasteiger partial charge in [0.25, 0.3) is 0 Å². The van der Waals surface area contributed by atoms with Crippen molar-refractivity contribution in [3.8, 4) is 6.01 Å². The topological polar surface area (TPSA) is 148 Å². The van der Waals surface area contributed by atoms with Crippen molar-refractivity contribution in [2.45, 2.75) is 18.9 Å². The summed E-state index contributed by atoms with van der Waals surface area (Å²) in [5.74, 6) is -1.37. The lowest BCUT2D eigenvalue weighted by atomic mass is 10.2. The van der Waals surface area contributed by atoms with E-state index in [-0.39, 0.29) is 35.8 Å². The Morgan fingerprint density at radius 3 is 2.95 bits per heavy atom. The summed E-state index contributed by atoms with van der Waals surface area (Å²) in [6, 6.07) is -1.22. The second-order valence-corrected chi connectivity index (χ2v) is 4.16. The zero-order valence-electron chi connectivity index (χ0n) is 10.1. The minimum Gasteiger partial charge on any atom is -0.390 e. The number of aromatic nitrogens is 4. The Bertz CT molecular complexity index is 711. The summed E-state index contributed by atoms with van der Waals surface area (Å²) in [7, 11) is 0. The average molecular weight is 278 g/mol. The Kier molecular flexibility index (Phi) is 2.71. The minimum absolute atomic E-state index is 0.0303. The van der Waals surface area contributed by atoms with Gasteiger partial charge in [-0.1, -0.05) is 0 Å². The highest BCUT2D eigenvalue weighted by molar-refractivity contribution is 5.84. The zero-order valence-corrected chi connectivity index (χ0v) is 10.1. The zero-order chi connectivity index (χ0) is 14.3. The normalized spacial score (nSPS) is 19.6. The molecule has 0 fully saturated rings. The van der Waals surface area contributed by atoms with Crippen LogP contribution in [-0.2, 0) is 9.59 Å². The van der Waals surface area contributed by atoms with Crippen molar-refractivity contribution >= 4 is 28.9 Å². The van der Waals surface area contributed by atoms with Crippen molar-refractivity contribution in [3.63, 3.8) is 0 Å². The first-order chi connectivity index (χ1) is 9.54. The number of nitrogens with two attached hydrogens (primary N) is 2. The Morgan fingerprint density at radius 2 is 2.15 bits per heavy atom. The summed E-state index contributed by atoms with van der Waals surface area (Å²) in [4.78, 5) is 40.0. The van der Waals surface area contributed by atoms with Gasteiger partial charge in [0.2, 0.25) is 0 Å². The van der Waals surface area contributed by atoms with Gasteiger partial charge in [-0.25, -0.2) is 14.6 Å². The lowest BCUT2D eigenvalue weighted by Crippen LogP contribution is -2.36. The average Bonchev–Trinajstić information content (AvgIpc) is 2.78. The molecule has 0 aromatic carbocycles. The summed E-state index contributed by atoms with van der Waals surface area (Å²) in [6.07, 6.45) is 1.27. The van der Waals surface area contributed by atoms with Crippen LogP contribution >= 0.6 is 0 Å². The Morgan fingerprint density at radius 1 is 1.35 bits per heavy atom. The molecule has 0 radical (unpaired) electrons. The van der Waals surface area contributed by atoms with Crippen LogP contribution in [0, 0.1) is 0 Å². The second-order valence-electron chi connectivity index (χ2n) is 4.16. The van der Waals surface area contributed by atoms with Crippen LogP contribution in [0.1, 0.15) is 12.8 Å². The lowest BCUT2D eigenvalue weighted by Gasteiger charge is -2.12. The van der Waals surface area contributed by atoms with Crippen LogP contribution in [0.25, 0.3) is 11.2 Å². The monoisotopic (exact) mass is 278 g/mol. The largest absolute Gasteiger partial charge is 0.390 e. The molecule has 4 rings (SSSR count). The maximum atomic E-state index is 11.7. The highest BCUT2D eigenvalue weighted by Gasteiger charge is 2.23. The molecular formula is C10H10N6O4. The first-order valence-electron chi connectivity index (χ1n) is 5.73. The summed E-state index contributed by atoms with van der Waals surface area (Å²) in [6.45, 7) is 0. The second kappa shape index (κ2) is 4.42. The number of ether oxygens (including phenoxy) is 1. The van der Waals surface area contributed by atoms with E-state index in [9.17, 15) is 9.59 Å². The summed E-state index contributed by atoms with van der Waals surface area (Å²) in [5, 5.41) is 0. The lowest BCUT2D eigenvalue weighted by molar-refractivity contribution is -0.144. The van der Waals surface area contributed by atoms with Gasteiger partial charge in [0, 0.05) is 0 Å². The number of rotatable bonds is 0. The third-order valence-electron chi connectivity index (χ3n) is 2.73. The number of hydrogen-bond donors (Lipinski definition) is 2. The van der Waals surface area contributed by atoms with Gasteiger partial charge in [-0.05, 0) is 6.42 Å². The quantitative estimate of drug-likeness (QED) is 0.542. The van der Waals surface area contributed by atoms with Crippen LogP contribution in [0.2, 0.25) is 0 Å². The predicted octanol–water partition coefficient (Wildman–Crippen LogP) is -1.61. The van der Waals surface area contributed by atoms with E-state index in [1.165, 1.54) is 6.33 Å². The van der Waals surface area contributed by atoms with Gasteiger partial charge in [-0.15, -0.1) is 0 Å². The number of imidazole rings is 1. The highest BCUT2D eigenvalue weighted by atomic mass is 16.7. The molecule has 20 heavy (non-hydrogen) atoms.